The average molecular weight is 397 g/mol. The summed E-state index contributed by atoms with van der Waals surface area (Å²) in [6.07, 6.45) is 0.606. The standard InChI is InChI=1S/C20H16FN3O3S/c1-11-6-7-12(8-18(11)24(26)27)17-10-28-20(22-17)23-19(25)15-9-14(15)13-4-2-3-5-16(13)21/h2-8,10,14-15H,9H2,1H3,(H,22,23,25). The van der Waals surface area contributed by atoms with Crippen molar-refractivity contribution in [1.82, 2.24) is 4.98 Å². The fraction of sp³-hybridized carbons (Fsp3) is 0.200. The molecule has 0 bridgehead atoms. The van der Waals surface area contributed by atoms with Gasteiger partial charge in [0, 0.05) is 28.5 Å². The molecule has 1 aromatic heterocycles. The molecule has 1 N–H and O–H groups in total. The molecule has 0 aliphatic heterocycles. The third kappa shape index (κ3) is 3.50. The first kappa shape index (κ1) is 18.2. The summed E-state index contributed by atoms with van der Waals surface area (Å²) in [7, 11) is 0. The van der Waals surface area contributed by atoms with E-state index in [1.807, 2.05) is 0 Å². The highest BCUT2D eigenvalue weighted by Gasteiger charge is 2.45. The third-order valence-electron chi connectivity index (χ3n) is 4.87. The Balaban J connectivity index is 1.46. The second-order valence-electron chi connectivity index (χ2n) is 6.76. The molecule has 0 radical (unpaired) electrons. The van der Waals surface area contributed by atoms with Crippen molar-refractivity contribution < 1.29 is 14.1 Å². The van der Waals surface area contributed by atoms with Crippen molar-refractivity contribution in [2.24, 2.45) is 5.92 Å². The molecule has 2 atom stereocenters. The van der Waals surface area contributed by atoms with Gasteiger partial charge < -0.3 is 5.32 Å². The number of carbonyl (C=O) groups excluding carboxylic acids is 1. The summed E-state index contributed by atoms with van der Waals surface area (Å²) < 4.78 is 13.9. The van der Waals surface area contributed by atoms with Crippen LogP contribution in [-0.4, -0.2) is 15.8 Å². The molecule has 1 aliphatic rings. The van der Waals surface area contributed by atoms with Crippen molar-refractivity contribution >= 4 is 28.1 Å². The molecular formula is C20H16FN3O3S. The van der Waals surface area contributed by atoms with Gasteiger partial charge in [0.1, 0.15) is 5.82 Å². The minimum Gasteiger partial charge on any atom is -0.302 e. The molecule has 2 unspecified atom stereocenters. The minimum absolute atomic E-state index is 0.0294. The van der Waals surface area contributed by atoms with Crippen molar-refractivity contribution in [3.63, 3.8) is 0 Å². The maximum Gasteiger partial charge on any atom is 0.272 e. The molecule has 1 saturated carbocycles. The Bertz CT molecular complexity index is 1080. The Labute approximate surface area is 164 Å². The van der Waals surface area contributed by atoms with Crippen LogP contribution in [0.5, 0.6) is 0 Å². The number of nitrogens with one attached hydrogen (secondary N) is 1. The van der Waals surface area contributed by atoms with E-state index >= 15 is 0 Å². The molecule has 6 nitrogen and oxygen atoms in total. The van der Waals surface area contributed by atoms with Gasteiger partial charge in [-0.05, 0) is 30.9 Å². The number of nitro benzene ring substituents is 1. The summed E-state index contributed by atoms with van der Waals surface area (Å²) in [5.41, 5.74) is 2.34. The van der Waals surface area contributed by atoms with Crippen LogP contribution in [0.25, 0.3) is 11.3 Å². The molecule has 8 heteroatoms. The van der Waals surface area contributed by atoms with Crippen molar-refractivity contribution in [2.45, 2.75) is 19.3 Å². The molecule has 2 aromatic carbocycles. The van der Waals surface area contributed by atoms with E-state index in [-0.39, 0.29) is 29.2 Å². The molecule has 1 heterocycles. The Kier molecular flexibility index (Phi) is 4.64. The second-order valence-corrected chi connectivity index (χ2v) is 7.61. The summed E-state index contributed by atoms with van der Waals surface area (Å²) in [5.74, 6) is -0.866. The summed E-state index contributed by atoms with van der Waals surface area (Å²) >= 11 is 1.25. The Morgan fingerprint density at radius 1 is 1.32 bits per heavy atom. The first-order valence-electron chi connectivity index (χ1n) is 8.70. The van der Waals surface area contributed by atoms with E-state index in [1.165, 1.54) is 23.5 Å². The number of anilines is 1. The lowest BCUT2D eigenvalue weighted by molar-refractivity contribution is -0.385. The van der Waals surface area contributed by atoms with Gasteiger partial charge in [0.25, 0.3) is 5.69 Å². The number of halogens is 1. The fourth-order valence-electron chi connectivity index (χ4n) is 3.23. The number of carbonyl (C=O) groups is 1. The zero-order valence-electron chi connectivity index (χ0n) is 14.9. The lowest BCUT2D eigenvalue weighted by Gasteiger charge is -2.03. The number of aryl methyl sites for hydroxylation is 1. The summed E-state index contributed by atoms with van der Waals surface area (Å²) in [6.45, 7) is 1.68. The highest BCUT2D eigenvalue weighted by Crippen LogP contribution is 2.48. The van der Waals surface area contributed by atoms with E-state index in [4.69, 9.17) is 0 Å². The van der Waals surface area contributed by atoms with Gasteiger partial charge >= 0.3 is 0 Å². The van der Waals surface area contributed by atoms with Crippen molar-refractivity contribution in [1.29, 1.82) is 0 Å². The third-order valence-corrected chi connectivity index (χ3v) is 5.63. The number of hydrogen-bond acceptors (Lipinski definition) is 5. The average Bonchev–Trinajstić information content (AvgIpc) is 3.33. The summed E-state index contributed by atoms with van der Waals surface area (Å²) in [6, 6.07) is 11.4. The van der Waals surface area contributed by atoms with Gasteiger partial charge in [0.2, 0.25) is 5.91 Å². The predicted octanol–water partition coefficient (Wildman–Crippen LogP) is 4.91. The van der Waals surface area contributed by atoms with Crippen LogP contribution in [0.4, 0.5) is 15.2 Å². The first-order chi connectivity index (χ1) is 13.4. The Morgan fingerprint density at radius 3 is 2.86 bits per heavy atom. The summed E-state index contributed by atoms with van der Waals surface area (Å²) in [5, 5.41) is 16.0. The molecule has 4 rings (SSSR count). The fourth-order valence-corrected chi connectivity index (χ4v) is 3.95. The molecule has 142 valence electrons. The predicted molar refractivity (Wildman–Crippen MR) is 105 cm³/mol. The Hall–Kier alpha value is -3.13. The van der Waals surface area contributed by atoms with Crippen LogP contribution in [0.15, 0.2) is 47.8 Å². The molecule has 0 spiro atoms. The topological polar surface area (TPSA) is 85.1 Å². The van der Waals surface area contributed by atoms with E-state index in [9.17, 15) is 19.3 Å². The molecule has 1 fully saturated rings. The van der Waals surface area contributed by atoms with E-state index in [0.29, 0.717) is 33.9 Å². The molecule has 0 saturated heterocycles. The smallest absolute Gasteiger partial charge is 0.272 e. The van der Waals surface area contributed by atoms with Crippen molar-refractivity contribution in [2.75, 3.05) is 5.32 Å². The van der Waals surface area contributed by atoms with Crippen LogP contribution in [0.2, 0.25) is 0 Å². The van der Waals surface area contributed by atoms with Crippen LogP contribution in [0.1, 0.15) is 23.5 Å². The number of nitro groups is 1. The molecule has 1 amide bonds. The zero-order chi connectivity index (χ0) is 19.8. The largest absolute Gasteiger partial charge is 0.302 e. The lowest BCUT2D eigenvalue weighted by atomic mass is 10.1. The summed E-state index contributed by atoms with van der Waals surface area (Å²) in [4.78, 5) is 27.5. The number of amides is 1. The van der Waals surface area contributed by atoms with E-state index in [1.54, 1.807) is 42.6 Å². The van der Waals surface area contributed by atoms with Gasteiger partial charge in [-0.1, -0.05) is 30.3 Å². The normalized spacial score (nSPS) is 17.9. The van der Waals surface area contributed by atoms with Crippen LogP contribution < -0.4 is 5.32 Å². The van der Waals surface area contributed by atoms with Gasteiger partial charge in [-0.2, -0.15) is 0 Å². The lowest BCUT2D eigenvalue weighted by Crippen LogP contribution is -2.14. The number of rotatable bonds is 5. The number of aromatic nitrogens is 1. The first-order valence-corrected chi connectivity index (χ1v) is 9.58. The molecule has 3 aromatic rings. The van der Waals surface area contributed by atoms with E-state index in [0.717, 1.165) is 0 Å². The van der Waals surface area contributed by atoms with Crippen LogP contribution in [-0.2, 0) is 4.79 Å². The quantitative estimate of drug-likeness (QED) is 0.490. The highest BCUT2D eigenvalue weighted by atomic mass is 32.1. The minimum atomic E-state index is -0.427. The highest BCUT2D eigenvalue weighted by molar-refractivity contribution is 7.14. The SMILES string of the molecule is Cc1ccc(-c2csc(NC(=O)C3CC3c3ccccc3F)n2)cc1[N+](=O)[O-]. The molecular weight excluding hydrogens is 381 g/mol. The van der Waals surface area contributed by atoms with Crippen LogP contribution in [0, 0.1) is 28.8 Å². The van der Waals surface area contributed by atoms with E-state index in [2.05, 4.69) is 10.3 Å². The molecule has 1 aliphatic carbocycles. The number of benzene rings is 2. The number of thiazole rings is 1. The Morgan fingerprint density at radius 2 is 2.11 bits per heavy atom. The number of hydrogen-bond donors (Lipinski definition) is 1. The monoisotopic (exact) mass is 397 g/mol. The van der Waals surface area contributed by atoms with Crippen LogP contribution in [0.3, 0.4) is 0 Å². The van der Waals surface area contributed by atoms with Gasteiger partial charge in [0.15, 0.2) is 5.13 Å². The van der Waals surface area contributed by atoms with Crippen molar-refractivity contribution in [3.8, 4) is 11.3 Å². The zero-order valence-corrected chi connectivity index (χ0v) is 15.7. The van der Waals surface area contributed by atoms with E-state index < -0.39 is 4.92 Å². The van der Waals surface area contributed by atoms with Crippen molar-refractivity contribution in [3.05, 3.63) is 74.9 Å². The van der Waals surface area contributed by atoms with Crippen LogP contribution >= 0.6 is 11.3 Å². The second kappa shape index (κ2) is 7.12. The van der Waals surface area contributed by atoms with Gasteiger partial charge in [-0.25, -0.2) is 9.37 Å². The number of nitrogens with zero attached hydrogens (tertiary/aromatic N) is 2. The maximum absolute atomic E-state index is 13.9. The van der Waals surface area contributed by atoms with Gasteiger partial charge in [0.05, 0.1) is 10.6 Å². The van der Waals surface area contributed by atoms with Gasteiger partial charge in [-0.3, -0.25) is 14.9 Å². The molecule has 28 heavy (non-hydrogen) atoms. The maximum atomic E-state index is 13.9. The van der Waals surface area contributed by atoms with Gasteiger partial charge in [-0.15, -0.1) is 11.3 Å².